The average molecular weight is 262 g/mol. The molecule has 3 rings (SSSR count). The second-order valence-electron chi connectivity index (χ2n) is 4.51. The molecule has 3 heterocycles. The van der Waals surface area contributed by atoms with Gasteiger partial charge in [-0.3, -0.25) is 5.41 Å². The summed E-state index contributed by atoms with van der Waals surface area (Å²) in [6.07, 6.45) is 2.08. The van der Waals surface area contributed by atoms with Crippen LogP contribution in [0.15, 0.2) is 23.7 Å². The lowest BCUT2D eigenvalue weighted by atomic mass is 10.3. The van der Waals surface area contributed by atoms with Crippen LogP contribution in [0.1, 0.15) is 10.4 Å². The molecule has 0 saturated carbocycles. The molecule has 1 aliphatic heterocycles. The van der Waals surface area contributed by atoms with E-state index in [1.165, 1.54) is 10.7 Å². The van der Waals surface area contributed by atoms with E-state index >= 15 is 0 Å². The summed E-state index contributed by atoms with van der Waals surface area (Å²) >= 11 is 1.67. The SMILES string of the molecule is C[n+]1ccc2n1CCN2Cc1cc(C(=N)N)cs1. The van der Waals surface area contributed by atoms with Gasteiger partial charge in [0, 0.05) is 22.4 Å². The van der Waals surface area contributed by atoms with Crippen LogP contribution in [0.4, 0.5) is 5.82 Å². The summed E-state index contributed by atoms with van der Waals surface area (Å²) in [5, 5.41) is 9.37. The third-order valence-electron chi connectivity index (χ3n) is 3.30. The molecule has 0 amide bonds. The van der Waals surface area contributed by atoms with E-state index in [1.807, 2.05) is 11.4 Å². The number of aryl methyl sites for hydroxylation is 1. The van der Waals surface area contributed by atoms with Gasteiger partial charge in [0.2, 0.25) is 0 Å². The normalized spacial score (nSPS) is 13.9. The Hall–Kier alpha value is -1.82. The molecule has 6 heteroatoms. The predicted molar refractivity (Wildman–Crippen MR) is 72.0 cm³/mol. The maximum atomic E-state index is 7.42. The van der Waals surface area contributed by atoms with Crippen molar-refractivity contribution in [3.8, 4) is 0 Å². The van der Waals surface area contributed by atoms with E-state index in [4.69, 9.17) is 11.1 Å². The topological polar surface area (TPSA) is 61.9 Å². The molecule has 94 valence electrons. The molecule has 2 aromatic rings. The van der Waals surface area contributed by atoms with E-state index < -0.39 is 0 Å². The zero-order valence-electron chi connectivity index (χ0n) is 10.3. The molecule has 5 nitrogen and oxygen atoms in total. The third-order valence-corrected chi connectivity index (χ3v) is 4.22. The van der Waals surface area contributed by atoms with Gasteiger partial charge in [-0.2, -0.15) is 0 Å². The minimum absolute atomic E-state index is 0.147. The van der Waals surface area contributed by atoms with Gasteiger partial charge in [0.25, 0.3) is 0 Å². The van der Waals surface area contributed by atoms with Crippen LogP contribution in [0.2, 0.25) is 0 Å². The maximum absolute atomic E-state index is 7.42. The first-order valence-corrected chi connectivity index (χ1v) is 6.75. The Morgan fingerprint density at radius 3 is 3.11 bits per heavy atom. The number of anilines is 1. The van der Waals surface area contributed by atoms with Gasteiger partial charge in [0.15, 0.2) is 19.1 Å². The van der Waals surface area contributed by atoms with E-state index in [2.05, 4.69) is 33.6 Å². The van der Waals surface area contributed by atoms with Gasteiger partial charge in [-0.15, -0.1) is 20.7 Å². The molecular weight excluding hydrogens is 246 g/mol. The zero-order valence-corrected chi connectivity index (χ0v) is 11.1. The molecule has 0 saturated heterocycles. The van der Waals surface area contributed by atoms with Gasteiger partial charge in [-0.1, -0.05) is 0 Å². The molecule has 2 aromatic heterocycles. The third kappa shape index (κ3) is 1.78. The second kappa shape index (κ2) is 4.13. The van der Waals surface area contributed by atoms with Gasteiger partial charge in [-0.05, 0) is 6.07 Å². The standard InChI is InChI=1S/C12H16N5S/c1-15-3-2-11-16(4-5-17(11)15)7-10-6-9(8-18-10)12(13)14/h2-3,6,8H,4-5,7H2,1H3,(H3,13,14)/q+1. The van der Waals surface area contributed by atoms with Gasteiger partial charge in [-0.25, -0.2) is 0 Å². The first-order valence-electron chi connectivity index (χ1n) is 5.87. The van der Waals surface area contributed by atoms with Crippen LogP contribution in [0, 0.1) is 5.41 Å². The lowest BCUT2D eigenvalue weighted by Crippen LogP contribution is -2.37. The molecule has 0 radical (unpaired) electrons. The van der Waals surface area contributed by atoms with Crippen molar-refractivity contribution in [2.45, 2.75) is 13.1 Å². The molecule has 0 fully saturated rings. The minimum atomic E-state index is 0.147. The van der Waals surface area contributed by atoms with Crippen molar-refractivity contribution in [1.82, 2.24) is 4.68 Å². The number of rotatable bonds is 3. The van der Waals surface area contributed by atoms with Crippen molar-refractivity contribution in [2.75, 3.05) is 11.4 Å². The Morgan fingerprint density at radius 2 is 2.39 bits per heavy atom. The van der Waals surface area contributed by atoms with Crippen molar-refractivity contribution in [1.29, 1.82) is 5.41 Å². The molecule has 3 N–H and O–H groups in total. The summed E-state index contributed by atoms with van der Waals surface area (Å²) in [5.74, 6) is 1.41. The summed E-state index contributed by atoms with van der Waals surface area (Å²) < 4.78 is 4.38. The molecule has 1 aliphatic rings. The van der Waals surface area contributed by atoms with Crippen molar-refractivity contribution in [3.63, 3.8) is 0 Å². The van der Waals surface area contributed by atoms with Crippen LogP contribution in [0.25, 0.3) is 0 Å². The van der Waals surface area contributed by atoms with Crippen molar-refractivity contribution < 1.29 is 4.68 Å². The van der Waals surface area contributed by atoms with Crippen molar-refractivity contribution in [2.24, 2.45) is 12.8 Å². The number of hydrogen-bond acceptors (Lipinski definition) is 3. The smallest absolute Gasteiger partial charge is 0.197 e. The average Bonchev–Trinajstić information content (AvgIpc) is 2.99. The van der Waals surface area contributed by atoms with E-state index in [9.17, 15) is 0 Å². The molecule has 0 bridgehead atoms. The summed E-state index contributed by atoms with van der Waals surface area (Å²) in [7, 11) is 2.06. The number of nitrogens with zero attached hydrogens (tertiary/aromatic N) is 3. The predicted octanol–water partition coefficient (Wildman–Crippen LogP) is 0.678. The fraction of sp³-hybridized carbons (Fsp3) is 0.333. The highest BCUT2D eigenvalue weighted by molar-refractivity contribution is 7.10. The Morgan fingerprint density at radius 1 is 1.56 bits per heavy atom. The van der Waals surface area contributed by atoms with Crippen LogP contribution in [-0.4, -0.2) is 17.1 Å². The molecule has 0 atom stereocenters. The Kier molecular flexibility index (Phi) is 2.59. The lowest BCUT2D eigenvalue weighted by Gasteiger charge is -2.14. The van der Waals surface area contributed by atoms with Crippen LogP contribution in [-0.2, 0) is 20.1 Å². The highest BCUT2D eigenvalue weighted by atomic mass is 32.1. The fourth-order valence-corrected chi connectivity index (χ4v) is 3.23. The van der Waals surface area contributed by atoms with E-state index in [1.54, 1.807) is 11.3 Å². The van der Waals surface area contributed by atoms with Gasteiger partial charge in [0.1, 0.15) is 5.84 Å². The first kappa shape index (κ1) is 11.3. The summed E-state index contributed by atoms with van der Waals surface area (Å²) in [5.41, 5.74) is 6.31. The number of nitrogens with one attached hydrogen (secondary N) is 1. The van der Waals surface area contributed by atoms with E-state index in [0.29, 0.717) is 0 Å². The zero-order chi connectivity index (χ0) is 12.7. The largest absolute Gasteiger partial charge is 0.384 e. The number of amidine groups is 1. The quantitative estimate of drug-likeness (QED) is 0.485. The van der Waals surface area contributed by atoms with Crippen LogP contribution in [0.5, 0.6) is 0 Å². The first-order chi connectivity index (χ1) is 8.65. The van der Waals surface area contributed by atoms with Crippen LogP contribution in [0.3, 0.4) is 0 Å². The Labute approximate surface area is 110 Å². The number of aromatic nitrogens is 2. The number of thiophene rings is 1. The monoisotopic (exact) mass is 262 g/mol. The van der Waals surface area contributed by atoms with Crippen molar-refractivity contribution in [3.05, 3.63) is 34.2 Å². The molecule has 0 aromatic carbocycles. The minimum Gasteiger partial charge on any atom is -0.384 e. The molecule has 0 spiro atoms. The summed E-state index contributed by atoms with van der Waals surface area (Å²) in [6, 6.07) is 4.16. The molecule has 0 aliphatic carbocycles. The summed E-state index contributed by atoms with van der Waals surface area (Å²) in [6.45, 7) is 2.96. The van der Waals surface area contributed by atoms with Crippen LogP contribution >= 0.6 is 11.3 Å². The maximum Gasteiger partial charge on any atom is 0.197 e. The highest BCUT2D eigenvalue weighted by Gasteiger charge is 2.25. The molecule has 0 unspecified atom stereocenters. The fourth-order valence-electron chi connectivity index (χ4n) is 2.33. The Balaban J connectivity index is 1.79. The number of nitrogens with two attached hydrogens (primary N) is 1. The van der Waals surface area contributed by atoms with Crippen molar-refractivity contribution >= 4 is 23.0 Å². The van der Waals surface area contributed by atoms with Crippen LogP contribution < -0.4 is 15.3 Å². The second-order valence-corrected chi connectivity index (χ2v) is 5.50. The Bertz CT molecular complexity index is 597. The van der Waals surface area contributed by atoms with E-state index in [0.717, 1.165) is 25.2 Å². The van der Waals surface area contributed by atoms with E-state index in [-0.39, 0.29) is 5.84 Å². The number of hydrogen-bond donors (Lipinski definition) is 2. The molecule has 18 heavy (non-hydrogen) atoms. The lowest BCUT2D eigenvalue weighted by molar-refractivity contribution is -0.751. The van der Waals surface area contributed by atoms with Gasteiger partial charge >= 0.3 is 0 Å². The molecular formula is C12H16N5S+. The summed E-state index contributed by atoms with van der Waals surface area (Å²) in [4.78, 5) is 3.60. The number of fused-ring (bicyclic) bond motifs is 1. The number of nitrogen functional groups attached to an aromatic ring is 1. The highest BCUT2D eigenvalue weighted by Crippen LogP contribution is 2.24. The van der Waals surface area contributed by atoms with Gasteiger partial charge < -0.3 is 10.6 Å². The van der Waals surface area contributed by atoms with Gasteiger partial charge in [0.05, 0.1) is 19.2 Å².